The number of carbonyl (C=O) groups is 2. The molecule has 1 unspecified atom stereocenters. The molecule has 152 valence electrons. The van der Waals surface area contributed by atoms with Crippen LogP contribution in [-0.2, 0) is 4.79 Å². The van der Waals surface area contributed by atoms with Gasteiger partial charge in [-0.1, -0.05) is 48.5 Å². The first-order valence-corrected chi connectivity index (χ1v) is 10.6. The minimum absolute atomic E-state index is 0.0267. The first-order chi connectivity index (χ1) is 14.2. The van der Waals surface area contributed by atoms with Crippen LogP contribution in [0.3, 0.4) is 0 Å². The number of hydrogen-bond donors (Lipinski definition) is 2. The van der Waals surface area contributed by atoms with Crippen molar-refractivity contribution in [2.24, 2.45) is 5.92 Å². The van der Waals surface area contributed by atoms with E-state index < -0.39 is 6.04 Å². The molecule has 0 radical (unpaired) electrons. The van der Waals surface area contributed by atoms with E-state index in [4.69, 9.17) is 0 Å². The molecule has 2 amide bonds. The lowest BCUT2D eigenvalue weighted by molar-refractivity contribution is -0.134. The molecule has 1 aliphatic heterocycles. The summed E-state index contributed by atoms with van der Waals surface area (Å²) in [5, 5.41) is 6.61. The molecule has 2 aliphatic rings. The Balaban J connectivity index is 1.42. The van der Waals surface area contributed by atoms with Crippen molar-refractivity contribution < 1.29 is 9.59 Å². The van der Waals surface area contributed by atoms with Crippen LogP contribution in [-0.4, -0.2) is 42.4 Å². The summed E-state index contributed by atoms with van der Waals surface area (Å²) in [6.45, 7) is 2.57. The van der Waals surface area contributed by atoms with Gasteiger partial charge < -0.3 is 15.5 Å². The monoisotopic (exact) mass is 391 g/mol. The lowest BCUT2D eigenvalue weighted by Gasteiger charge is -2.35. The number of hydrogen-bond acceptors (Lipinski definition) is 3. The summed E-state index contributed by atoms with van der Waals surface area (Å²) in [5.41, 5.74) is 1.37. The summed E-state index contributed by atoms with van der Waals surface area (Å²) in [6.07, 6.45) is 4.63. The van der Waals surface area contributed by atoms with Crippen LogP contribution in [0.4, 0.5) is 0 Å². The Kier molecular flexibility index (Phi) is 6.25. The lowest BCUT2D eigenvalue weighted by atomic mass is 10.0. The van der Waals surface area contributed by atoms with Gasteiger partial charge in [-0.25, -0.2) is 0 Å². The Hall–Kier alpha value is -2.66. The van der Waals surface area contributed by atoms with E-state index >= 15 is 0 Å². The van der Waals surface area contributed by atoms with Crippen LogP contribution in [0.1, 0.15) is 47.6 Å². The zero-order chi connectivity index (χ0) is 20.1. The lowest BCUT2D eigenvalue weighted by Crippen LogP contribution is -2.49. The predicted molar refractivity (Wildman–Crippen MR) is 113 cm³/mol. The summed E-state index contributed by atoms with van der Waals surface area (Å²) in [4.78, 5) is 28.0. The zero-order valence-corrected chi connectivity index (χ0v) is 16.7. The van der Waals surface area contributed by atoms with Crippen LogP contribution >= 0.6 is 0 Å². The normalized spacial score (nSPS) is 18.3. The van der Waals surface area contributed by atoms with E-state index in [1.54, 1.807) is 12.1 Å². The Labute approximate surface area is 172 Å². The van der Waals surface area contributed by atoms with E-state index in [2.05, 4.69) is 10.6 Å². The third-order valence-corrected chi connectivity index (χ3v) is 5.89. The van der Waals surface area contributed by atoms with Crippen molar-refractivity contribution in [1.29, 1.82) is 0 Å². The number of piperidine rings is 1. The number of nitrogens with zero attached hydrogens (tertiary/aromatic N) is 1. The number of amides is 2. The number of nitrogens with one attached hydrogen (secondary N) is 2. The van der Waals surface area contributed by atoms with Crippen LogP contribution in [0.2, 0.25) is 0 Å². The molecular formula is C24H29N3O2. The molecule has 5 nitrogen and oxygen atoms in total. The topological polar surface area (TPSA) is 61.4 Å². The molecule has 1 atom stereocenters. The third kappa shape index (κ3) is 5.24. The maximum Gasteiger partial charge on any atom is 0.252 e. The SMILES string of the molecule is O=C(NC(C(=O)N1CCC(NCC2CC2)CC1)c1ccccc1)c1ccccc1. The van der Waals surface area contributed by atoms with Crippen molar-refractivity contribution in [3.05, 3.63) is 71.8 Å². The van der Waals surface area contributed by atoms with Gasteiger partial charge in [0.05, 0.1) is 0 Å². The van der Waals surface area contributed by atoms with Crippen molar-refractivity contribution >= 4 is 11.8 Å². The highest BCUT2D eigenvalue weighted by molar-refractivity contribution is 5.97. The maximum atomic E-state index is 13.3. The van der Waals surface area contributed by atoms with E-state index in [0.717, 1.165) is 44.0 Å². The molecule has 5 heteroatoms. The molecule has 2 aromatic rings. The van der Waals surface area contributed by atoms with Gasteiger partial charge in [-0.2, -0.15) is 0 Å². The van der Waals surface area contributed by atoms with Gasteiger partial charge in [0.1, 0.15) is 6.04 Å². The molecule has 1 saturated heterocycles. The zero-order valence-electron chi connectivity index (χ0n) is 16.7. The predicted octanol–water partition coefficient (Wildman–Crippen LogP) is 3.15. The Morgan fingerprint density at radius 1 is 0.897 bits per heavy atom. The molecule has 0 bridgehead atoms. The van der Waals surface area contributed by atoms with Crippen LogP contribution < -0.4 is 10.6 Å². The van der Waals surface area contributed by atoms with Gasteiger partial charge in [-0.05, 0) is 55.8 Å². The number of carbonyl (C=O) groups excluding carboxylic acids is 2. The highest BCUT2D eigenvalue weighted by Crippen LogP contribution is 2.28. The highest BCUT2D eigenvalue weighted by Gasteiger charge is 2.31. The molecule has 4 rings (SSSR count). The highest BCUT2D eigenvalue weighted by atomic mass is 16.2. The number of benzene rings is 2. The van der Waals surface area contributed by atoms with E-state index in [0.29, 0.717) is 11.6 Å². The van der Waals surface area contributed by atoms with Crippen LogP contribution in [0.25, 0.3) is 0 Å². The fourth-order valence-electron chi connectivity index (χ4n) is 3.88. The molecular weight excluding hydrogens is 362 g/mol. The van der Waals surface area contributed by atoms with Gasteiger partial charge in [-0.15, -0.1) is 0 Å². The Morgan fingerprint density at radius 3 is 2.14 bits per heavy atom. The van der Waals surface area contributed by atoms with Gasteiger partial charge >= 0.3 is 0 Å². The molecule has 0 spiro atoms. The molecule has 2 aromatic carbocycles. The molecule has 1 aliphatic carbocycles. The molecule has 0 aromatic heterocycles. The summed E-state index contributed by atoms with van der Waals surface area (Å²) >= 11 is 0. The summed E-state index contributed by atoms with van der Waals surface area (Å²) in [7, 11) is 0. The van der Waals surface area contributed by atoms with Gasteiger partial charge in [0.15, 0.2) is 0 Å². The van der Waals surface area contributed by atoms with Crippen molar-refractivity contribution in [3.63, 3.8) is 0 Å². The molecule has 29 heavy (non-hydrogen) atoms. The van der Waals surface area contributed by atoms with Crippen LogP contribution in [0.15, 0.2) is 60.7 Å². The smallest absolute Gasteiger partial charge is 0.252 e. The summed E-state index contributed by atoms with van der Waals surface area (Å²) < 4.78 is 0. The average Bonchev–Trinajstić information content (AvgIpc) is 3.61. The van der Waals surface area contributed by atoms with E-state index in [1.165, 1.54) is 12.8 Å². The Bertz CT molecular complexity index is 813. The van der Waals surface area contributed by atoms with Crippen LogP contribution in [0, 0.1) is 5.92 Å². The minimum Gasteiger partial charge on any atom is -0.340 e. The fourth-order valence-corrected chi connectivity index (χ4v) is 3.88. The first-order valence-electron chi connectivity index (χ1n) is 10.6. The quantitative estimate of drug-likeness (QED) is 0.762. The second-order valence-electron chi connectivity index (χ2n) is 8.13. The van der Waals surface area contributed by atoms with Crippen molar-refractivity contribution in [2.45, 2.75) is 37.8 Å². The third-order valence-electron chi connectivity index (χ3n) is 5.89. The Morgan fingerprint density at radius 2 is 1.52 bits per heavy atom. The van der Waals surface area contributed by atoms with Gasteiger partial charge in [-0.3, -0.25) is 9.59 Å². The minimum atomic E-state index is -0.667. The van der Waals surface area contributed by atoms with Crippen molar-refractivity contribution in [3.8, 4) is 0 Å². The van der Waals surface area contributed by atoms with Gasteiger partial charge in [0.25, 0.3) is 5.91 Å². The van der Waals surface area contributed by atoms with Gasteiger partial charge in [0, 0.05) is 24.7 Å². The number of likely N-dealkylation sites (tertiary alicyclic amines) is 1. The summed E-state index contributed by atoms with van der Waals surface area (Å²) in [5.74, 6) is 0.611. The molecule has 1 saturated carbocycles. The second kappa shape index (κ2) is 9.23. The largest absolute Gasteiger partial charge is 0.340 e. The van der Waals surface area contributed by atoms with E-state index in [-0.39, 0.29) is 11.8 Å². The molecule has 2 N–H and O–H groups in total. The second-order valence-corrected chi connectivity index (χ2v) is 8.13. The molecule has 2 fully saturated rings. The van der Waals surface area contributed by atoms with Crippen molar-refractivity contribution in [1.82, 2.24) is 15.5 Å². The van der Waals surface area contributed by atoms with E-state index in [9.17, 15) is 9.59 Å². The number of rotatable bonds is 7. The van der Waals surface area contributed by atoms with Crippen LogP contribution in [0.5, 0.6) is 0 Å². The van der Waals surface area contributed by atoms with Crippen molar-refractivity contribution in [2.75, 3.05) is 19.6 Å². The first kappa shape index (κ1) is 19.6. The fraction of sp³-hybridized carbons (Fsp3) is 0.417. The molecule has 1 heterocycles. The standard InChI is InChI=1S/C24H29N3O2/c28-23(20-9-5-2-6-10-20)26-22(19-7-3-1-4-8-19)24(29)27-15-13-21(14-16-27)25-17-18-11-12-18/h1-10,18,21-22,25H,11-17H2,(H,26,28). The maximum absolute atomic E-state index is 13.3. The summed E-state index contributed by atoms with van der Waals surface area (Å²) in [6, 6.07) is 18.4. The van der Waals surface area contributed by atoms with E-state index in [1.807, 2.05) is 53.4 Å². The average molecular weight is 392 g/mol. The van der Waals surface area contributed by atoms with Gasteiger partial charge in [0.2, 0.25) is 5.91 Å².